The smallest absolute Gasteiger partial charge is 0.270 e. The van der Waals surface area contributed by atoms with E-state index in [4.69, 9.17) is 4.74 Å². The Balaban J connectivity index is 1.63. The van der Waals surface area contributed by atoms with Crippen LogP contribution in [0.5, 0.6) is 0 Å². The molecule has 0 radical (unpaired) electrons. The number of aromatic nitrogens is 2. The van der Waals surface area contributed by atoms with Crippen LogP contribution in [0.25, 0.3) is 0 Å². The molecule has 1 aromatic heterocycles. The minimum absolute atomic E-state index is 0.105. The van der Waals surface area contributed by atoms with Crippen molar-refractivity contribution in [2.24, 2.45) is 0 Å². The fraction of sp³-hybridized carbons (Fsp3) is 0.474. The highest BCUT2D eigenvalue weighted by Gasteiger charge is 2.24. The number of nitro benzene ring substituents is 1. The number of nitrogens with zero attached hydrogens (tertiary/aromatic N) is 4. The quantitative estimate of drug-likeness (QED) is 0.627. The molecule has 1 saturated heterocycles. The zero-order valence-electron chi connectivity index (χ0n) is 15.5. The first-order valence-corrected chi connectivity index (χ1v) is 9.59. The molecule has 148 valence electrons. The summed E-state index contributed by atoms with van der Waals surface area (Å²) in [6.45, 7) is 2.40. The van der Waals surface area contributed by atoms with Gasteiger partial charge in [0.05, 0.1) is 41.6 Å². The topological polar surface area (TPSA) is 103 Å². The van der Waals surface area contributed by atoms with Crippen LogP contribution in [0.4, 0.5) is 17.2 Å². The first-order valence-electron chi connectivity index (χ1n) is 9.59. The van der Waals surface area contributed by atoms with Crippen LogP contribution in [0.1, 0.15) is 42.1 Å². The van der Waals surface area contributed by atoms with E-state index in [1.807, 2.05) is 9.58 Å². The molecule has 1 aromatic carbocycles. The lowest BCUT2D eigenvalue weighted by Gasteiger charge is -2.30. The van der Waals surface area contributed by atoms with Gasteiger partial charge in [-0.2, -0.15) is 5.10 Å². The molecule has 0 bridgehead atoms. The molecule has 0 spiro atoms. The third-order valence-corrected chi connectivity index (χ3v) is 5.37. The van der Waals surface area contributed by atoms with E-state index in [1.54, 1.807) is 18.3 Å². The summed E-state index contributed by atoms with van der Waals surface area (Å²) in [5.74, 6) is 0.251. The summed E-state index contributed by atoms with van der Waals surface area (Å²) >= 11 is 0. The maximum Gasteiger partial charge on any atom is 0.270 e. The highest BCUT2D eigenvalue weighted by Crippen LogP contribution is 2.32. The Labute approximate surface area is 162 Å². The molecule has 28 heavy (non-hydrogen) atoms. The van der Waals surface area contributed by atoms with Gasteiger partial charge in [-0.25, -0.2) is 4.68 Å². The lowest BCUT2D eigenvalue weighted by atomic mass is 10.1. The molecule has 1 saturated carbocycles. The van der Waals surface area contributed by atoms with E-state index in [-0.39, 0.29) is 23.2 Å². The predicted molar refractivity (Wildman–Crippen MR) is 104 cm³/mol. The van der Waals surface area contributed by atoms with Crippen molar-refractivity contribution >= 4 is 23.1 Å². The summed E-state index contributed by atoms with van der Waals surface area (Å²) in [5.41, 5.74) is 0.861. The second kappa shape index (κ2) is 7.97. The van der Waals surface area contributed by atoms with Crippen LogP contribution >= 0.6 is 0 Å². The van der Waals surface area contributed by atoms with E-state index in [1.165, 1.54) is 12.1 Å². The number of ether oxygens (including phenoxy) is 1. The highest BCUT2D eigenvalue weighted by molar-refractivity contribution is 6.08. The van der Waals surface area contributed by atoms with Crippen LogP contribution in [0, 0.1) is 10.1 Å². The lowest BCUT2D eigenvalue weighted by Crippen LogP contribution is -2.37. The number of hydrogen-bond donors (Lipinski definition) is 1. The molecule has 0 atom stereocenters. The lowest BCUT2D eigenvalue weighted by molar-refractivity contribution is -0.384. The Morgan fingerprint density at radius 1 is 1.21 bits per heavy atom. The first-order chi connectivity index (χ1) is 13.6. The van der Waals surface area contributed by atoms with Gasteiger partial charge in [-0.15, -0.1) is 0 Å². The fourth-order valence-corrected chi connectivity index (χ4v) is 3.94. The molecule has 0 unspecified atom stereocenters. The van der Waals surface area contributed by atoms with Gasteiger partial charge in [-0.3, -0.25) is 14.9 Å². The number of carbonyl (C=O) groups excluding carboxylic acids is 1. The van der Waals surface area contributed by atoms with Gasteiger partial charge in [0.1, 0.15) is 5.82 Å². The Morgan fingerprint density at radius 2 is 1.96 bits per heavy atom. The van der Waals surface area contributed by atoms with E-state index in [0.717, 1.165) is 25.7 Å². The zero-order valence-corrected chi connectivity index (χ0v) is 15.5. The number of carbonyl (C=O) groups is 1. The fourth-order valence-electron chi connectivity index (χ4n) is 3.94. The van der Waals surface area contributed by atoms with Crippen LogP contribution in [0.2, 0.25) is 0 Å². The average molecular weight is 385 g/mol. The van der Waals surface area contributed by atoms with Gasteiger partial charge in [0.15, 0.2) is 0 Å². The highest BCUT2D eigenvalue weighted by atomic mass is 16.6. The Morgan fingerprint density at radius 3 is 2.68 bits per heavy atom. The third kappa shape index (κ3) is 3.70. The molecular weight excluding hydrogens is 362 g/mol. The SMILES string of the molecule is O=C(Nc1ccnn1C1CCCC1)c1cc([N+](=O)[O-])ccc1N1CCOCC1. The van der Waals surface area contributed by atoms with Crippen molar-refractivity contribution in [3.05, 3.63) is 46.1 Å². The van der Waals surface area contributed by atoms with Crippen LogP contribution in [-0.4, -0.2) is 46.9 Å². The van der Waals surface area contributed by atoms with E-state index in [2.05, 4.69) is 10.4 Å². The van der Waals surface area contributed by atoms with Crippen molar-refractivity contribution in [1.29, 1.82) is 0 Å². The van der Waals surface area contributed by atoms with Crippen molar-refractivity contribution in [2.75, 3.05) is 36.5 Å². The third-order valence-electron chi connectivity index (χ3n) is 5.37. The number of anilines is 2. The van der Waals surface area contributed by atoms with Gasteiger partial charge >= 0.3 is 0 Å². The molecule has 9 heteroatoms. The molecule has 1 amide bonds. The summed E-state index contributed by atoms with van der Waals surface area (Å²) in [6.07, 6.45) is 6.07. The number of amides is 1. The van der Waals surface area contributed by atoms with E-state index in [9.17, 15) is 14.9 Å². The number of nitro groups is 1. The number of hydrogen-bond acceptors (Lipinski definition) is 6. The van der Waals surface area contributed by atoms with Crippen LogP contribution < -0.4 is 10.2 Å². The number of nitrogens with one attached hydrogen (secondary N) is 1. The van der Waals surface area contributed by atoms with Gasteiger partial charge < -0.3 is 15.0 Å². The van der Waals surface area contributed by atoms with Crippen molar-refractivity contribution in [3.63, 3.8) is 0 Å². The molecule has 2 fully saturated rings. The summed E-state index contributed by atoms with van der Waals surface area (Å²) in [5, 5.41) is 18.5. The maximum absolute atomic E-state index is 13.1. The normalized spacial score (nSPS) is 17.6. The van der Waals surface area contributed by atoms with Gasteiger partial charge in [-0.05, 0) is 18.9 Å². The van der Waals surface area contributed by atoms with Crippen LogP contribution in [0.3, 0.4) is 0 Å². The molecule has 9 nitrogen and oxygen atoms in total. The second-order valence-corrected chi connectivity index (χ2v) is 7.11. The van der Waals surface area contributed by atoms with Crippen molar-refractivity contribution in [3.8, 4) is 0 Å². The number of morpholine rings is 1. The van der Waals surface area contributed by atoms with Crippen molar-refractivity contribution < 1.29 is 14.5 Å². The van der Waals surface area contributed by atoms with E-state index < -0.39 is 4.92 Å². The average Bonchev–Trinajstić information content (AvgIpc) is 3.39. The number of rotatable bonds is 5. The maximum atomic E-state index is 13.1. The summed E-state index contributed by atoms with van der Waals surface area (Å²) in [7, 11) is 0. The molecule has 1 aliphatic heterocycles. The Hall–Kier alpha value is -2.94. The Kier molecular flexibility index (Phi) is 5.25. The Bertz CT molecular complexity index is 869. The zero-order chi connectivity index (χ0) is 19.5. The molecular formula is C19H23N5O4. The van der Waals surface area contributed by atoms with Crippen molar-refractivity contribution in [1.82, 2.24) is 9.78 Å². The molecule has 2 aromatic rings. The first kappa shape index (κ1) is 18.4. The van der Waals surface area contributed by atoms with Gasteiger partial charge in [0.2, 0.25) is 0 Å². The van der Waals surface area contributed by atoms with Gasteiger partial charge in [-0.1, -0.05) is 12.8 Å². The minimum atomic E-state index is -0.483. The van der Waals surface area contributed by atoms with Crippen molar-refractivity contribution in [2.45, 2.75) is 31.7 Å². The molecule has 1 aliphatic carbocycles. The molecule has 4 rings (SSSR count). The summed E-state index contributed by atoms with van der Waals surface area (Å²) in [6, 6.07) is 6.48. The minimum Gasteiger partial charge on any atom is -0.378 e. The predicted octanol–water partition coefficient (Wildman–Crippen LogP) is 3.00. The molecule has 1 N–H and O–H groups in total. The standard InChI is InChI=1S/C19H23N5O4/c25-19(21-18-7-8-20-23(18)14-3-1-2-4-14)16-13-15(24(26)27)5-6-17(16)22-9-11-28-12-10-22/h5-8,13-14H,1-4,9-12H2,(H,21,25). The van der Waals surface area contributed by atoms with Gasteiger partial charge in [0.25, 0.3) is 11.6 Å². The number of benzene rings is 1. The second-order valence-electron chi connectivity index (χ2n) is 7.11. The van der Waals surface area contributed by atoms with Crippen LogP contribution in [-0.2, 0) is 4.74 Å². The molecule has 2 heterocycles. The van der Waals surface area contributed by atoms with E-state index in [0.29, 0.717) is 37.8 Å². The molecule has 2 aliphatic rings. The van der Waals surface area contributed by atoms with Crippen LogP contribution in [0.15, 0.2) is 30.5 Å². The largest absolute Gasteiger partial charge is 0.378 e. The summed E-state index contributed by atoms with van der Waals surface area (Å²) in [4.78, 5) is 25.9. The number of non-ortho nitro benzene ring substituents is 1. The van der Waals surface area contributed by atoms with Gasteiger partial charge in [0, 0.05) is 31.3 Å². The monoisotopic (exact) mass is 385 g/mol. The summed E-state index contributed by atoms with van der Waals surface area (Å²) < 4.78 is 7.24. The van der Waals surface area contributed by atoms with E-state index >= 15 is 0 Å².